The first-order valence-electron chi connectivity index (χ1n) is 5.65. The molecular formula is C12H10ClN5O. The normalized spacial score (nSPS) is 11.1. The lowest BCUT2D eigenvalue weighted by molar-refractivity contribution is -0.642. The Labute approximate surface area is 113 Å². The number of halogens is 1. The molecule has 0 unspecified atom stereocenters. The van der Waals surface area contributed by atoms with Gasteiger partial charge in [-0.15, -0.1) is 0 Å². The van der Waals surface area contributed by atoms with E-state index in [0.29, 0.717) is 20.9 Å². The second kappa shape index (κ2) is 4.17. The van der Waals surface area contributed by atoms with E-state index >= 15 is 0 Å². The van der Waals surface area contributed by atoms with Crippen LogP contribution in [-0.2, 0) is 0 Å². The smallest absolute Gasteiger partial charge is 0.318 e. The van der Waals surface area contributed by atoms with Crippen molar-refractivity contribution in [3.8, 4) is 5.95 Å². The third-order valence-corrected chi connectivity index (χ3v) is 2.98. The van der Waals surface area contributed by atoms with E-state index in [4.69, 9.17) is 11.6 Å². The molecule has 0 fully saturated rings. The quantitative estimate of drug-likeness (QED) is 0.501. The average Bonchev–Trinajstić information content (AvgIpc) is 2.69. The second-order valence-electron chi connectivity index (χ2n) is 4.26. The Balaban J connectivity index is 2.26. The largest absolute Gasteiger partial charge is 0.594 e. The average molecular weight is 276 g/mol. The van der Waals surface area contributed by atoms with Crippen LogP contribution in [0.2, 0.25) is 5.02 Å². The van der Waals surface area contributed by atoms with E-state index in [1.807, 2.05) is 19.9 Å². The first-order chi connectivity index (χ1) is 9.04. The van der Waals surface area contributed by atoms with Gasteiger partial charge in [-0.1, -0.05) is 11.6 Å². The Morgan fingerprint density at radius 3 is 2.74 bits per heavy atom. The van der Waals surface area contributed by atoms with Crippen molar-refractivity contribution in [2.75, 3.05) is 0 Å². The fourth-order valence-electron chi connectivity index (χ4n) is 1.93. The summed E-state index contributed by atoms with van der Waals surface area (Å²) in [6.45, 7) is 3.75. The molecule has 0 N–H and O–H groups in total. The molecule has 7 heteroatoms. The van der Waals surface area contributed by atoms with Crippen molar-refractivity contribution in [1.29, 1.82) is 0 Å². The number of aromatic nitrogens is 5. The Bertz CT molecular complexity index is 783. The maximum absolute atomic E-state index is 11.9. The minimum atomic E-state index is 0.246. The van der Waals surface area contributed by atoms with Crippen LogP contribution in [0.15, 0.2) is 24.3 Å². The summed E-state index contributed by atoms with van der Waals surface area (Å²) in [6.07, 6.45) is 0. The van der Waals surface area contributed by atoms with Crippen LogP contribution < -0.4 is 4.85 Å². The molecule has 1 aromatic carbocycles. The van der Waals surface area contributed by atoms with E-state index < -0.39 is 0 Å². The third kappa shape index (κ3) is 2.00. The molecule has 0 aliphatic carbocycles. The molecule has 0 amide bonds. The van der Waals surface area contributed by atoms with Gasteiger partial charge in [-0.25, -0.2) is 0 Å². The minimum Gasteiger partial charge on any atom is -0.594 e. The second-order valence-corrected chi connectivity index (χ2v) is 4.69. The molecule has 96 valence electrons. The molecule has 0 spiro atoms. The Morgan fingerprint density at radius 1 is 1.26 bits per heavy atom. The molecule has 0 bridgehead atoms. The van der Waals surface area contributed by atoms with Gasteiger partial charge in [0.2, 0.25) is 0 Å². The number of aryl methyl sites for hydroxylation is 2. The van der Waals surface area contributed by atoms with Gasteiger partial charge in [0.1, 0.15) is 5.52 Å². The Kier molecular flexibility index (Phi) is 2.60. The zero-order chi connectivity index (χ0) is 13.6. The van der Waals surface area contributed by atoms with Gasteiger partial charge in [0.25, 0.3) is 5.52 Å². The standard InChI is InChI=1S/C12H10ClN5O/c1-7-5-8(2)17(15-7)12-14-10-4-3-9(13)6-11(10)18(19)16-12/h3-6H,1-2H3. The first kappa shape index (κ1) is 11.9. The molecule has 3 aromatic rings. The SMILES string of the molecule is Cc1cc(C)n(-c2nc3ccc(Cl)cc3[n+]([O-])n2)n1. The van der Waals surface area contributed by atoms with Crippen molar-refractivity contribution >= 4 is 22.6 Å². The van der Waals surface area contributed by atoms with Gasteiger partial charge < -0.3 is 5.21 Å². The molecule has 19 heavy (non-hydrogen) atoms. The lowest BCUT2D eigenvalue weighted by Crippen LogP contribution is -2.34. The van der Waals surface area contributed by atoms with Crippen LogP contribution >= 0.6 is 11.6 Å². The van der Waals surface area contributed by atoms with Gasteiger partial charge in [0, 0.05) is 16.8 Å². The van der Waals surface area contributed by atoms with Crippen molar-refractivity contribution in [3.05, 3.63) is 45.9 Å². The van der Waals surface area contributed by atoms with Crippen molar-refractivity contribution in [3.63, 3.8) is 0 Å². The Hall–Kier alpha value is -2.21. The van der Waals surface area contributed by atoms with Crippen molar-refractivity contribution in [2.24, 2.45) is 0 Å². The fourth-order valence-corrected chi connectivity index (χ4v) is 2.10. The molecule has 0 radical (unpaired) electrons. The monoisotopic (exact) mass is 275 g/mol. The van der Waals surface area contributed by atoms with E-state index in [1.165, 1.54) is 10.7 Å². The summed E-state index contributed by atoms with van der Waals surface area (Å²) < 4.78 is 1.54. The van der Waals surface area contributed by atoms with E-state index in [2.05, 4.69) is 15.2 Å². The number of hydrogen-bond donors (Lipinski definition) is 0. The lowest BCUT2D eigenvalue weighted by Gasteiger charge is -2.03. The highest BCUT2D eigenvalue weighted by Gasteiger charge is 2.15. The van der Waals surface area contributed by atoms with Crippen molar-refractivity contribution < 1.29 is 4.85 Å². The van der Waals surface area contributed by atoms with Crippen LogP contribution in [-0.4, -0.2) is 19.9 Å². The molecule has 2 heterocycles. The zero-order valence-electron chi connectivity index (χ0n) is 10.3. The summed E-state index contributed by atoms with van der Waals surface area (Å²) in [4.78, 5) is 4.85. The minimum absolute atomic E-state index is 0.246. The maximum atomic E-state index is 11.9. The number of rotatable bonds is 1. The van der Waals surface area contributed by atoms with Crippen LogP contribution in [0.1, 0.15) is 11.4 Å². The summed E-state index contributed by atoms with van der Waals surface area (Å²) >= 11 is 5.85. The van der Waals surface area contributed by atoms with Crippen molar-refractivity contribution in [2.45, 2.75) is 13.8 Å². The number of nitrogens with zero attached hydrogens (tertiary/aromatic N) is 5. The van der Waals surface area contributed by atoms with Crippen LogP contribution in [0.3, 0.4) is 0 Å². The number of benzene rings is 1. The van der Waals surface area contributed by atoms with Crippen molar-refractivity contribution in [1.82, 2.24) is 19.9 Å². The summed E-state index contributed by atoms with van der Waals surface area (Å²) in [6, 6.07) is 6.80. The van der Waals surface area contributed by atoms with Gasteiger partial charge in [0.15, 0.2) is 0 Å². The van der Waals surface area contributed by atoms with E-state index in [9.17, 15) is 5.21 Å². The first-order valence-corrected chi connectivity index (χ1v) is 6.03. The number of hydrogen-bond acceptors (Lipinski definition) is 4. The molecule has 6 nitrogen and oxygen atoms in total. The predicted octanol–water partition coefficient (Wildman–Crippen LogP) is 1.72. The molecule has 3 rings (SSSR count). The molecule has 0 saturated carbocycles. The molecule has 0 aliphatic rings. The Morgan fingerprint density at radius 2 is 2.05 bits per heavy atom. The summed E-state index contributed by atoms with van der Waals surface area (Å²) in [5.41, 5.74) is 2.57. The lowest BCUT2D eigenvalue weighted by atomic mass is 10.3. The highest BCUT2D eigenvalue weighted by atomic mass is 35.5. The molecule has 0 saturated heterocycles. The van der Waals surface area contributed by atoms with E-state index in [0.717, 1.165) is 11.4 Å². The van der Waals surface area contributed by atoms with E-state index in [-0.39, 0.29) is 5.95 Å². The summed E-state index contributed by atoms with van der Waals surface area (Å²) in [5.74, 6) is 0.246. The zero-order valence-corrected chi connectivity index (χ0v) is 11.1. The van der Waals surface area contributed by atoms with Crippen LogP contribution in [0.5, 0.6) is 0 Å². The van der Waals surface area contributed by atoms with Gasteiger partial charge in [-0.05, 0) is 36.9 Å². The molecule has 0 aliphatic heterocycles. The fraction of sp³-hybridized carbons (Fsp3) is 0.167. The van der Waals surface area contributed by atoms with Crippen LogP contribution in [0.4, 0.5) is 0 Å². The highest BCUT2D eigenvalue weighted by molar-refractivity contribution is 6.31. The van der Waals surface area contributed by atoms with Gasteiger partial charge in [0.05, 0.1) is 10.8 Å². The van der Waals surface area contributed by atoms with Crippen LogP contribution in [0.25, 0.3) is 17.0 Å². The summed E-state index contributed by atoms with van der Waals surface area (Å²) in [7, 11) is 0. The molecule has 2 aromatic heterocycles. The van der Waals surface area contributed by atoms with Gasteiger partial charge >= 0.3 is 5.95 Å². The van der Waals surface area contributed by atoms with E-state index in [1.54, 1.807) is 12.1 Å². The highest BCUT2D eigenvalue weighted by Crippen LogP contribution is 2.15. The summed E-state index contributed by atoms with van der Waals surface area (Å²) in [5, 5.41) is 20.5. The third-order valence-electron chi connectivity index (χ3n) is 2.74. The maximum Gasteiger partial charge on any atom is 0.318 e. The van der Waals surface area contributed by atoms with Gasteiger partial charge in [-0.3, -0.25) is 0 Å². The number of fused-ring (bicyclic) bond motifs is 1. The molecular weight excluding hydrogens is 266 g/mol. The van der Waals surface area contributed by atoms with Gasteiger partial charge in [-0.2, -0.15) is 14.8 Å². The molecule has 0 atom stereocenters. The topological polar surface area (TPSA) is 70.5 Å². The van der Waals surface area contributed by atoms with Crippen LogP contribution in [0, 0.1) is 19.1 Å². The predicted molar refractivity (Wildman–Crippen MR) is 70.1 cm³/mol.